The Morgan fingerprint density at radius 3 is 3.12 bits per heavy atom. The Morgan fingerprint density at radius 1 is 1.69 bits per heavy atom. The number of halogens is 1. The van der Waals surface area contributed by atoms with Crippen LogP contribution in [0.2, 0.25) is 5.15 Å². The van der Waals surface area contributed by atoms with E-state index in [1.165, 1.54) is 6.20 Å². The molecule has 0 spiro atoms. The van der Waals surface area contributed by atoms with Crippen LogP contribution in [0.4, 0.5) is 0 Å². The van der Waals surface area contributed by atoms with Crippen LogP contribution in [0.25, 0.3) is 0 Å². The van der Waals surface area contributed by atoms with Crippen LogP contribution in [0.1, 0.15) is 16.8 Å². The molecule has 5 heteroatoms. The van der Waals surface area contributed by atoms with E-state index in [0.717, 1.165) is 19.5 Å². The first-order valence-corrected chi connectivity index (χ1v) is 5.64. The number of likely N-dealkylation sites (N-methyl/N-ethyl adjacent to an activating group) is 1. The van der Waals surface area contributed by atoms with Gasteiger partial charge >= 0.3 is 0 Å². The summed E-state index contributed by atoms with van der Waals surface area (Å²) in [5.41, 5.74) is 0.564. The SMILES string of the molecule is CN1CCC(NC(=O)c2ccnc(Cl)c2)C1. The Bertz CT molecular complexity index is 397. The lowest BCUT2D eigenvalue weighted by atomic mass is 10.2. The molecule has 1 amide bonds. The number of nitrogens with one attached hydrogen (secondary N) is 1. The number of pyridine rings is 1. The van der Waals surface area contributed by atoms with Gasteiger partial charge in [0.1, 0.15) is 5.15 Å². The molecule has 16 heavy (non-hydrogen) atoms. The quantitative estimate of drug-likeness (QED) is 0.788. The number of hydrogen-bond acceptors (Lipinski definition) is 3. The maximum atomic E-state index is 11.8. The monoisotopic (exact) mass is 239 g/mol. The minimum absolute atomic E-state index is 0.0791. The van der Waals surface area contributed by atoms with E-state index in [2.05, 4.69) is 22.2 Å². The molecule has 1 N–H and O–H groups in total. The van der Waals surface area contributed by atoms with Crippen LogP contribution in [-0.2, 0) is 0 Å². The van der Waals surface area contributed by atoms with Crippen molar-refractivity contribution in [2.75, 3.05) is 20.1 Å². The summed E-state index contributed by atoms with van der Waals surface area (Å²) >= 11 is 5.73. The Balaban J connectivity index is 1.98. The number of likely N-dealkylation sites (tertiary alicyclic amines) is 1. The second-order valence-corrected chi connectivity index (χ2v) is 4.48. The minimum Gasteiger partial charge on any atom is -0.348 e. The average molecular weight is 240 g/mol. The third-order valence-corrected chi connectivity index (χ3v) is 2.92. The van der Waals surface area contributed by atoms with E-state index < -0.39 is 0 Å². The molecule has 0 aliphatic carbocycles. The van der Waals surface area contributed by atoms with Gasteiger partial charge in [-0.05, 0) is 32.1 Å². The summed E-state index contributed by atoms with van der Waals surface area (Å²) in [6.45, 7) is 1.94. The standard InChI is InChI=1S/C11H14ClN3O/c1-15-5-3-9(7-15)14-11(16)8-2-4-13-10(12)6-8/h2,4,6,9H,3,5,7H2,1H3,(H,14,16). The molecule has 1 saturated heterocycles. The molecule has 1 unspecified atom stereocenters. The second kappa shape index (κ2) is 4.80. The van der Waals surface area contributed by atoms with Gasteiger partial charge in [-0.25, -0.2) is 4.98 Å². The molecular weight excluding hydrogens is 226 g/mol. The highest BCUT2D eigenvalue weighted by atomic mass is 35.5. The first-order chi connectivity index (χ1) is 7.65. The van der Waals surface area contributed by atoms with Crippen LogP contribution in [0.5, 0.6) is 0 Å². The highest BCUT2D eigenvalue weighted by Crippen LogP contribution is 2.10. The second-order valence-electron chi connectivity index (χ2n) is 4.09. The smallest absolute Gasteiger partial charge is 0.251 e. The van der Waals surface area contributed by atoms with Crippen molar-refractivity contribution in [2.45, 2.75) is 12.5 Å². The van der Waals surface area contributed by atoms with Crippen molar-refractivity contribution in [1.82, 2.24) is 15.2 Å². The summed E-state index contributed by atoms with van der Waals surface area (Å²) in [6, 6.07) is 3.49. The van der Waals surface area contributed by atoms with E-state index in [1.807, 2.05) is 0 Å². The molecule has 1 fully saturated rings. The molecule has 1 aliphatic heterocycles. The lowest BCUT2D eigenvalue weighted by Gasteiger charge is -2.12. The van der Waals surface area contributed by atoms with Gasteiger partial charge in [0.25, 0.3) is 5.91 Å². The predicted molar refractivity (Wildman–Crippen MR) is 62.6 cm³/mol. The van der Waals surface area contributed by atoms with Crippen LogP contribution < -0.4 is 5.32 Å². The van der Waals surface area contributed by atoms with Crippen LogP contribution in [0.15, 0.2) is 18.3 Å². The summed E-state index contributed by atoms with van der Waals surface area (Å²) < 4.78 is 0. The first-order valence-electron chi connectivity index (χ1n) is 5.26. The fourth-order valence-electron chi connectivity index (χ4n) is 1.87. The van der Waals surface area contributed by atoms with Crippen LogP contribution >= 0.6 is 11.6 Å². The number of nitrogens with zero attached hydrogens (tertiary/aromatic N) is 2. The summed E-state index contributed by atoms with van der Waals surface area (Å²) in [5.74, 6) is -0.0791. The molecule has 86 valence electrons. The van der Waals surface area contributed by atoms with Crippen molar-refractivity contribution in [2.24, 2.45) is 0 Å². The van der Waals surface area contributed by atoms with Gasteiger partial charge in [0.15, 0.2) is 0 Å². The van der Waals surface area contributed by atoms with Crippen LogP contribution in [0, 0.1) is 0 Å². The molecule has 4 nitrogen and oxygen atoms in total. The van der Waals surface area contributed by atoms with Gasteiger partial charge in [-0.2, -0.15) is 0 Å². The van der Waals surface area contributed by atoms with Crippen molar-refractivity contribution in [3.05, 3.63) is 29.0 Å². The highest BCUT2D eigenvalue weighted by molar-refractivity contribution is 6.29. The Kier molecular flexibility index (Phi) is 3.41. The number of aromatic nitrogens is 1. The molecule has 0 aromatic carbocycles. The third-order valence-electron chi connectivity index (χ3n) is 2.72. The molecule has 2 heterocycles. The van der Waals surface area contributed by atoms with Crippen molar-refractivity contribution < 1.29 is 4.79 Å². The van der Waals surface area contributed by atoms with E-state index in [-0.39, 0.29) is 11.9 Å². The summed E-state index contributed by atoms with van der Waals surface area (Å²) in [4.78, 5) is 17.9. The van der Waals surface area contributed by atoms with Crippen molar-refractivity contribution in [3.63, 3.8) is 0 Å². The molecule has 1 aliphatic rings. The van der Waals surface area contributed by atoms with E-state index in [4.69, 9.17) is 11.6 Å². The van der Waals surface area contributed by atoms with Crippen LogP contribution in [0.3, 0.4) is 0 Å². The predicted octanol–water partition coefficient (Wildman–Crippen LogP) is 1.17. The summed E-state index contributed by atoms with van der Waals surface area (Å²) in [5, 5.41) is 3.33. The fraction of sp³-hybridized carbons (Fsp3) is 0.455. The zero-order chi connectivity index (χ0) is 11.5. The van der Waals surface area contributed by atoms with Crippen molar-refractivity contribution >= 4 is 17.5 Å². The summed E-state index contributed by atoms with van der Waals surface area (Å²) in [7, 11) is 2.05. The Hall–Kier alpha value is -1.13. The molecule has 1 atom stereocenters. The average Bonchev–Trinajstić information content (AvgIpc) is 2.64. The lowest BCUT2D eigenvalue weighted by molar-refractivity contribution is 0.0938. The molecule has 0 radical (unpaired) electrons. The highest BCUT2D eigenvalue weighted by Gasteiger charge is 2.21. The maximum absolute atomic E-state index is 11.8. The van der Waals surface area contributed by atoms with Crippen LogP contribution in [-0.4, -0.2) is 42.0 Å². The summed E-state index contributed by atoms with van der Waals surface area (Å²) in [6.07, 6.45) is 2.54. The van der Waals surface area contributed by atoms with Gasteiger partial charge in [-0.3, -0.25) is 4.79 Å². The number of amides is 1. The number of carbonyl (C=O) groups excluding carboxylic acids is 1. The van der Waals surface area contributed by atoms with E-state index in [0.29, 0.717) is 10.7 Å². The first kappa shape index (κ1) is 11.4. The molecule has 1 aromatic heterocycles. The topological polar surface area (TPSA) is 45.2 Å². The number of rotatable bonds is 2. The Morgan fingerprint density at radius 2 is 2.50 bits per heavy atom. The van der Waals surface area contributed by atoms with Gasteiger partial charge in [0.05, 0.1) is 0 Å². The van der Waals surface area contributed by atoms with Gasteiger partial charge in [-0.15, -0.1) is 0 Å². The molecule has 2 rings (SSSR count). The van der Waals surface area contributed by atoms with E-state index >= 15 is 0 Å². The van der Waals surface area contributed by atoms with Gasteiger partial charge in [0.2, 0.25) is 0 Å². The zero-order valence-corrected chi connectivity index (χ0v) is 9.87. The molecule has 1 aromatic rings. The van der Waals surface area contributed by atoms with Gasteiger partial charge in [0, 0.05) is 24.3 Å². The fourth-order valence-corrected chi connectivity index (χ4v) is 2.04. The minimum atomic E-state index is -0.0791. The van der Waals surface area contributed by atoms with Gasteiger partial charge in [-0.1, -0.05) is 11.6 Å². The normalized spacial score (nSPS) is 21.0. The maximum Gasteiger partial charge on any atom is 0.251 e. The zero-order valence-electron chi connectivity index (χ0n) is 9.11. The number of carbonyl (C=O) groups is 1. The van der Waals surface area contributed by atoms with Gasteiger partial charge < -0.3 is 10.2 Å². The van der Waals surface area contributed by atoms with Crippen molar-refractivity contribution in [3.8, 4) is 0 Å². The molecule has 0 bridgehead atoms. The number of hydrogen-bond donors (Lipinski definition) is 1. The Labute approximate surface area is 99.6 Å². The largest absolute Gasteiger partial charge is 0.348 e. The van der Waals surface area contributed by atoms with E-state index in [1.54, 1.807) is 12.1 Å². The lowest BCUT2D eigenvalue weighted by Crippen LogP contribution is -2.36. The molecule has 0 saturated carbocycles. The van der Waals surface area contributed by atoms with E-state index in [9.17, 15) is 4.79 Å². The third kappa shape index (κ3) is 2.71. The van der Waals surface area contributed by atoms with Crippen molar-refractivity contribution in [1.29, 1.82) is 0 Å². The molecular formula is C11H14ClN3O.